The van der Waals surface area contributed by atoms with E-state index in [-0.39, 0.29) is 12.5 Å². The summed E-state index contributed by atoms with van der Waals surface area (Å²) in [5.41, 5.74) is 7.73. The Hall–Kier alpha value is -0.910. The van der Waals surface area contributed by atoms with Gasteiger partial charge in [-0.25, -0.2) is 8.42 Å². The molecule has 0 amide bonds. The van der Waals surface area contributed by atoms with Crippen molar-refractivity contribution in [2.24, 2.45) is 5.73 Å². The smallest absolute Gasteiger partial charge is 0.152 e. The Labute approximate surface area is 121 Å². The molecule has 1 aromatic rings. The third-order valence-electron chi connectivity index (χ3n) is 4.07. The van der Waals surface area contributed by atoms with E-state index in [2.05, 4.69) is 6.92 Å². The summed E-state index contributed by atoms with van der Waals surface area (Å²) in [7, 11) is -3.19. The summed E-state index contributed by atoms with van der Waals surface area (Å²) in [6, 6.07) is 8.05. The predicted molar refractivity (Wildman–Crippen MR) is 80.6 cm³/mol. The zero-order valence-corrected chi connectivity index (χ0v) is 13.1. The fourth-order valence-corrected chi connectivity index (χ4v) is 4.80. The SMILES string of the molecule is CCOC[C@]1(N)[C@H](c2ccc(CC)cc2)[C@@H]1S(C)(=O)=O. The molecule has 4 nitrogen and oxygen atoms in total. The Bertz CT molecular complexity index is 567. The van der Waals surface area contributed by atoms with Gasteiger partial charge >= 0.3 is 0 Å². The second-order valence-electron chi connectivity index (χ2n) is 5.57. The molecule has 0 spiro atoms. The Morgan fingerprint density at radius 1 is 1.25 bits per heavy atom. The van der Waals surface area contributed by atoms with E-state index in [0.29, 0.717) is 6.61 Å². The van der Waals surface area contributed by atoms with Crippen molar-refractivity contribution in [3.8, 4) is 0 Å². The number of hydrogen-bond donors (Lipinski definition) is 1. The van der Waals surface area contributed by atoms with Crippen LogP contribution in [-0.2, 0) is 21.0 Å². The van der Waals surface area contributed by atoms with Gasteiger partial charge in [0, 0.05) is 18.8 Å². The second kappa shape index (κ2) is 5.47. The molecular formula is C15H23NO3S. The molecule has 2 rings (SSSR count). The van der Waals surface area contributed by atoms with Gasteiger partial charge in [0.25, 0.3) is 0 Å². The monoisotopic (exact) mass is 297 g/mol. The molecule has 2 N–H and O–H groups in total. The van der Waals surface area contributed by atoms with Crippen LogP contribution in [0.4, 0.5) is 0 Å². The molecule has 1 aromatic carbocycles. The standard InChI is InChI=1S/C15H23NO3S/c1-4-11-6-8-12(9-7-11)13-14(20(3,17)18)15(13,16)10-19-5-2/h6-9,13-14H,4-5,10,16H2,1-3H3/t13-,14+,15+/m1/s1. The molecule has 0 heterocycles. The lowest BCUT2D eigenvalue weighted by molar-refractivity contribution is 0.125. The van der Waals surface area contributed by atoms with Crippen molar-refractivity contribution in [1.82, 2.24) is 0 Å². The highest BCUT2D eigenvalue weighted by molar-refractivity contribution is 7.91. The topological polar surface area (TPSA) is 69.4 Å². The van der Waals surface area contributed by atoms with Crippen LogP contribution >= 0.6 is 0 Å². The number of aryl methyl sites for hydroxylation is 1. The maximum Gasteiger partial charge on any atom is 0.152 e. The molecular weight excluding hydrogens is 274 g/mol. The fourth-order valence-electron chi connectivity index (χ4n) is 2.97. The summed E-state index contributed by atoms with van der Waals surface area (Å²) >= 11 is 0. The quantitative estimate of drug-likeness (QED) is 0.864. The first-order chi connectivity index (χ1) is 9.34. The molecule has 112 valence electrons. The van der Waals surface area contributed by atoms with Crippen molar-refractivity contribution in [3.63, 3.8) is 0 Å². The molecule has 5 heteroatoms. The van der Waals surface area contributed by atoms with Gasteiger partial charge in [-0.2, -0.15) is 0 Å². The average Bonchev–Trinajstić information content (AvgIpc) is 3.03. The van der Waals surface area contributed by atoms with Crippen molar-refractivity contribution >= 4 is 9.84 Å². The molecule has 0 aliphatic heterocycles. The maximum atomic E-state index is 11.9. The minimum absolute atomic E-state index is 0.171. The first-order valence-electron chi connectivity index (χ1n) is 6.99. The van der Waals surface area contributed by atoms with Crippen LogP contribution in [0, 0.1) is 0 Å². The van der Waals surface area contributed by atoms with Crippen molar-refractivity contribution in [3.05, 3.63) is 35.4 Å². The lowest BCUT2D eigenvalue weighted by atomic mass is 10.0. The van der Waals surface area contributed by atoms with Gasteiger partial charge in [0.1, 0.15) is 0 Å². The minimum Gasteiger partial charge on any atom is -0.380 e. The summed E-state index contributed by atoms with van der Waals surface area (Å²) in [5, 5.41) is -0.547. The molecule has 0 saturated heterocycles. The molecule has 1 aliphatic rings. The lowest BCUT2D eigenvalue weighted by Gasteiger charge is -2.11. The van der Waals surface area contributed by atoms with E-state index < -0.39 is 20.6 Å². The van der Waals surface area contributed by atoms with Gasteiger partial charge in [0.05, 0.1) is 17.4 Å². The van der Waals surface area contributed by atoms with Crippen molar-refractivity contribution in [1.29, 1.82) is 0 Å². The molecule has 1 saturated carbocycles. The Balaban J connectivity index is 2.28. The third kappa shape index (κ3) is 2.75. The number of benzene rings is 1. The maximum absolute atomic E-state index is 11.9. The van der Waals surface area contributed by atoms with Crippen molar-refractivity contribution < 1.29 is 13.2 Å². The fraction of sp³-hybridized carbons (Fsp3) is 0.600. The number of ether oxygens (including phenoxy) is 1. The van der Waals surface area contributed by atoms with Gasteiger partial charge in [0.2, 0.25) is 0 Å². The normalized spacial score (nSPS) is 29.4. The van der Waals surface area contributed by atoms with E-state index in [1.54, 1.807) is 0 Å². The second-order valence-corrected chi connectivity index (χ2v) is 7.74. The van der Waals surface area contributed by atoms with Gasteiger partial charge < -0.3 is 10.5 Å². The molecule has 0 unspecified atom stereocenters. The molecule has 1 fully saturated rings. The van der Waals surface area contributed by atoms with E-state index in [1.165, 1.54) is 11.8 Å². The van der Waals surface area contributed by atoms with Crippen LogP contribution in [-0.4, -0.2) is 38.7 Å². The van der Waals surface area contributed by atoms with Crippen LogP contribution in [0.2, 0.25) is 0 Å². The molecule has 3 atom stereocenters. The molecule has 20 heavy (non-hydrogen) atoms. The van der Waals surface area contributed by atoms with Crippen LogP contribution < -0.4 is 5.73 Å². The summed E-state index contributed by atoms with van der Waals surface area (Å²) < 4.78 is 29.3. The highest BCUT2D eigenvalue weighted by Crippen LogP contribution is 2.54. The number of hydrogen-bond acceptors (Lipinski definition) is 4. The van der Waals surface area contributed by atoms with Gasteiger partial charge in [-0.05, 0) is 24.5 Å². The Morgan fingerprint density at radius 3 is 2.30 bits per heavy atom. The summed E-state index contributed by atoms with van der Waals surface area (Å²) in [6.45, 7) is 4.79. The molecule has 0 bridgehead atoms. The highest BCUT2D eigenvalue weighted by atomic mass is 32.2. The van der Waals surface area contributed by atoms with Crippen LogP contribution in [0.1, 0.15) is 30.9 Å². The minimum atomic E-state index is -3.19. The van der Waals surface area contributed by atoms with Crippen LogP contribution in [0.5, 0.6) is 0 Å². The van der Waals surface area contributed by atoms with E-state index in [9.17, 15) is 8.42 Å². The summed E-state index contributed by atoms with van der Waals surface area (Å²) in [4.78, 5) is 0. The highest BCUT2D eigenvalue weighted by Gasteiger charge is 2.67. The molecule has 0 radical (unpaired) electrons. The van der Waals surface area contributed by atoms with Gasteiger partial charge in [-0.3, -0.25) is 0 Å². The zero-order chi connectivity index (χ0) is 15.0. The van der Waals surface area contributed by atoms with Crippen LogP contribution in [0.25, 0.3) is 0 Å². The van der Waals surface area contributed by atoms with E-state index in [4.69, 9.17) is 10.5 Å². The van der Waals surface area contributed by atoms with Crippen molar-refractivity contribution in [2.75, 3.05) is 19.5 Å². The van der Waals surface area contributed by atoms with E-state index in [0.717, 1.165) is 12.0 Å². The first kappa shape index (κ1) is 15.5. The lowest BCUT2D eigenvalue weighted by Crippen LogP contribution is -2.36. The van der Waals surface area contributed by atoms with E-state index >= 15 is 0 Å². The van der Waals surface area contributed by atoms with Crippen LogP contribution in [0.15, 0.2) is 24.3 Å². The Kier molecular flexibility index (Phi) is 4.23. The third-order valence-corrected chi connectivity index (χ3v) is 5.70. The van der Waals surface area contributed by atoms with Gasteiger partial charge in [-0.1, -0.05) is 31.2 Å². The van der Waals surface area contributed by atoms with Crippen LogP contribution in [0.3, 0.4) is 0 Å². The first-order valence-corrected chi connectivity index (χ1v) is 8.94. The van der Waals surface area contributed by atoms with Crippen molar-refractivity contribution in [2.45, 2.75) is 37.0 Å². The molecule has 1 aliphatic carbocycles. The predicted octanol–water partition coefficient (Wildman–Crippen LogP) is 1.49. The summed E-state index contributed by atoms with van der Waals surface area (Å²) in [6.07, 6.45) is 2.22. The number of sulfone groups is 1. The number of nitrogens with two attached hydrogens (primary N) is 1. The van der Waals surface area contributed by atoms with E-state index in [1.807, 2.05) is 31.2 Å². The number of rotatable bonds is 6. The largest absolute Gasteiger partial charge is 0.380 e. The molecule has 0 aromatic heterocycles. The summed E-state index contributed by atoms with van der Waals surface area (Å²) in [5.74, 6) is -0.171. The van der Waals surface area contributed by atoms with Gasteiger partial charge in [-0.15, -0.1) is 0 Å². The Morgan fingerprint density at radius 2 is 1.85 bits per heavy atom. The zero-order valence-electron chi connectivity index (χ0n) is 12.3. The van der Waals surface area contributed by atoms with Gasteiger partial charge in [0.15, 0.2) is 9.84 Å². The average molecular weight is 297 g/mol.